The summed E-state index contributed by atoms with van der Waals surface area (Å²) in [5.41, 5.74) is 3.67. The van der Waals surface area contributed by atoms with Gasteiger partial charge in [-0.25, -0.2) is 4.68 Å². The zero-order chi connectivity index (χ0) is 20.6. The first-order valence-corrected chi connectivity index (χ1v) is 9.99. The third kappa shape index (κ3) is 4.51. The Morgan fingerprint density at radius 2 is 1.54 bits per heavy atom. The summed E-state index contributed by atoms with van der Waals surface area (Å²) in [6, 6.07) is 11.1. The molecule has 150 valence electrons. The standard InChI is InChI=1S/C23H33N5/c1-21(2,3)19-10-8-9-18(15-19)16-22(4,5)27-13-11-20(25-27)17-23(6,7)28-14-12-24-26-28/h8-15H,16-17H2,1-7H3. The average Bonchev–Trinajstić information content (AvgIpc) is 3.25. The van der Waals surface area contributed by atoms with Gasteiger partial charge in [0, 0.05) is 18.8 Å². The maximum Gasteiger partial charge on any atom is 0.0693 e. The van der Waals surface area contributed by atoms with Crippen molar-refractivity contribution < 1.29 is 0 Å². The highest BCUT2D eigenvalue weighted by Gasteiger charge is 2.26. The van der Waals surface area contributed by atoms with Crippen molar-refractivity contribution in [1.82, 2.24) is 24.8 Å². The van der Waals surface area contributed by atoms with Crippen molar-refractivity contribution in [2.75, 3.05) is 0 Å². The van der Waals surface area contributed by atoms with E-state index < -0.39 is 0 Å². The minimum Gasteiger partial charge on any atom is -0.267 e. The van der Waals surface area contributed by atoms with Gasteiger partial charge in [0.05, 0.1) is 23.0 Å². The molecule has 5 nitrogen and oxygen atoms in total. The van der Waals surface area contributed by atoms with Gasteiger partial charge in [-0.1, -0.05) is 50.3 Å². The van der Waals surface area contributed by atoms with E-state index in [1.165, 1.54) is 11.1 Å². The van der Waals surface area contributed by atoms with E-state index in [1.54, 1.807) is 6.20 Å². The molecule has 2 heterocycles. The molecule has 1 aromatic carbocycles. The largest absolute Gasteiger partial charge is 0.267 e. The minimum absolute atomic E-state index is 0.105. The van der Waals surface area contributed by atoms with Crippen LogP contribution < -0.4 is 0 Å². The number of aromatic nitrogens is 5. The van der Waals surface area contributed by atoms with Crippen molar-refractivity contribution in [3.8, 4) is 0 Å². The van der Waals surface area contributed by atoms with Gasteiger partial charge in [0.1, 0.15) is 0 Å². The Labute approximate surface area is 168 Å². The van der Waals surface area contributed by atoms with Crippen LogP contribution in [0.1, 0.15) is 65.3 Å². The van der Waals surface area contributed by atoms with Gasteiger partial charge >= 0.3 is 0 Å². The van der Waals surface area contributed by atoms with E-state index in [0.717, 1.165) is 18.5 Å². The lowest BCUT2D eigenvalue weighted by atomic mass is 9.84. The second kappa shape index (κ2) is 7.19. The Morgan fingerprint density at radius 3 is 2.18 bits per heavy atom. The molecular weight excluding hydrogens is 346 g/mol. The molecule has 0 unspecified atom stereocenters. The van der Waals surface area contributed by atoms with Gasteiger partial charge in [-0.3, -0.25) is 4.68 Å². The molecular formula is C23H33N5. The normalized spacial score (nSPS) is 13.1. The predicted octanol–water partition coefficient (Wildman–Crippen LogP) is 4.73. The second-order valence-electron chi connectivity index (χ2n) is 10.0. The summed E-state index contributed by atoms with van der Waals surface area (Å²) in [7, 11) is 0. The van der Waals surface area contributed by atoms with E-state index in [9.17, 15) is 0 Å². The Balaban J connectivity index is 1.76. The van der Waals surface area contributed by atoms with Gasteiger partial charge in [-0.05, 0) is 56.7 Å². The van der Waals surface area contributed by atoms with Gasteiger partial charge in [0.2, 0.25) is 0 Å². The third-order valence-electron chi connectivity index (χ3n) is 5.35. The zero-order valence-corrected chi connectivity index (χ0v) is 18.3. The quantitative estimate of drug-likeness (QED) is 0.622. The molecule has 0 bridgehead atoms. The fourth-order valence-electron chi connectivity index (χ4n) is 3.58. The predicted molar refractivity (Wildman–Crippen MR) is 113 cm³/mol. The molecule has 0 aliphatic rings. The maximum atomic E-state index is 4.90. The van der Waals surface area contributed by atoms with Crippen molar-refractivity contribution in [2.24, 2.45) is 0 Å². The van der Waals surface area contributed by atoms with Crippen molar-refractivity contribution >= 4 is 0 Å². The molecule has 2 aromatic heterocycles. The van der Waals surface area contributed by atoms with Crippen LogP contribution in [0.3, 0.4) is 0 Å². The summed E-state index contributed by atoms with van der Waals surface area (Å²) in [5.74, 6) is 0. The summed E-state index contributed by atoms with van der Waals surface area (Å²) in [5, 5.41) is 13.0. The van der Waals surface area contributed by atoms with Gasteiger partial charge in [0.25, 0.3) is 0 Å². The first-order chi connectivity index (χ1) is 13.0. The van der Waals surface area contributed by atoms with Crippen LogP contribution in [0.15, 0.2) is 48.9 Å². The van der Waals surface area contributed by atoms with Gasteiger partial charge < -0.3 is 0 Å². The molecule has 3 aromatic rings. The number of nitrogens with zero attached hydrogens (tertiary/aromatic N) is 5. The smallest absolute Gasteiger partial charge is 0.0693 e. The molecule has 0 amide bonds. The van der Waals surface area contributed by atoms with E-state index in [4.69, 9.17) is 5.10 Å². The summed E-state index contributed by atoms with van der Waals surface area (Å²) >= 11 is 0. The number of rotatable bonds is 6. The zero-order valence-electron chi connectivity index (χ0n) is 18.3. The molecule has 0 radical (unpaired) electrons. The van der Waals surface area contributed by atoms with Crippen molar-refractivity contribution in [2.45, 2.75) is 77.8 Å². The number of hydrogen-bond donors (Lipinski definition) is 0. The van der Waals surface area contributed by atoms with E-state index >= 15 is 0 Å². The molecule has 0 aliphatic heterocycles. The molecule has 0 aliphatic carbocycles. The highest BCUT2D eigenvalue weighted by atomic mass is 15.4. The summed E-state index contributed by atoms with van der Waals surface area (Å²) in [6.45, 7) is 15.6. The van der Waals surface area contributed by atoms with Crippen molar-refractivity contribution in [3.05, 3.63) is 65.7 Å². The first-order valence-electron chi connectivity index (χ1n) is 9.99. The Morgan fingerprint density at radius 1 is 0.821 bits per heavy atom. The summed E-state index contributed by atoms with van der Waals surface area (Å²) < 4.78 is 4.00. The molecule has 0 fully saturated rings. The summed E-state index contributed by atoms with van der Waals surface area (Å²) in [4.78, 5) is 0. The van der Waals surface area contributed by atoms with Gasteiger partial charge in [0.15, 0.2) is 0 Å². The lowest BCUT2D eigenvalue weighted by Crippen LogP contribution is -2.31. The van der Waals surface area contributed by atoms with E-state index in [0.29, 0.717) is 0 Å². The molecule has 0 saturated heterocycles. The van der Waals surface area contributed by atoms with E-state index in [-0.39, 0.29) is 16.5 Å². The molecule has 5 heteroatoms. The molecule has 0 N–H and O–H groups in total. The van der Waals surface area contributed by atoms with Crippen molar-refractivity contribution in [3.63, 3.8) is 0 Å². The van der Waals surface area contributed by atoms with E-state index in [2.05, 4.69) is 100.0 Å². The Bertz CT molecular complexity index is 911. The van der Waals surface area contributed by atoms with E-state index in [1.807, 2.05) is 10.9 Å². The van der Waals surface area contributed by atoms with Gasteiger partial charge in [-0.2, -0.15) is 5.10 Å². The highest BCUT2D eigenvalue weighted by molar-refractivity contribution is 5.29. The lowest BCUT2D eigenvalue weighted by Gasteiger charge is -2.27. The fraction of sp³-hybridized carbons (Fsp3) is 0.522. The molecule has 0 atom stereocenters. The minimum atomic E-state index is -0.166. The fourth-order valence-corrected chi connectivity index (χ4v) is 3.58. The van der Waals surface area contributed by atoms with Crippen LogP contribution in [-0.2, 0) is 29.3 Å². The Kier molecular flexibility index (Phi) is 5.22. The SMILES string of the molecule is CC(C)(C)c1cccc(CC(C)(C)n2ccc(CC(C)(C)n3ccnn3)n2)c1. The molecule has 0 saturated carbocycles. The molecule has 0 spiro atoms. The van der Waals surface area contributed by atoms with Crippen LogP contribution in [0, 0.1) is 0 Å². The average molecular weight is 380 g/mol. The summed E-state index contributed by atoms with van der Waals surface area (Å²) in [6.07, 6.45) is 7.46. The van der Waals surface area contributed by atoms with Crippen LogP contribution >= 0.6 is 0 Å². The third-order valence-corrected chi connectivity index (χ3v) is 5.35. The van der Waals surface area contributed by atoms with Crippen LogP contribution in [0.5, 0.6) is 0 Å². The van der Waals surface area contributed by atoms with Crippen LogP contribution in [0.4, 0.5) is 0 Å². The van der Waals surface area contributed by atoms with Crippen LogP contribution in [0.2, 0.25) is 0 Å². The second-order valence-corrected chi connectivity index (χ2v) is 10.0. The molecule has 28 heavy (non-hydrogen) atoms. The number of benzene rings is 1. The van der Waals surface area contributed by atoms with Crippen molar-refractivity contribution in [1.29, 1.82) is 0 Å². The monoisotopic (exact) mass is 379 g/mol. The van der Waals surface area contributed by atoms with Crippen LogP contribution in [0.25, 0.3) is 0 Å². The van der Waals surface area contributed by atoms with Crippen LogP contribution in [-0.4, -0.2) is 24.8 Å². The van der Waals surface area contributed by atoms with Gasteiger partial charge in [-0.15, -0.1) is 5.10 Å². The lowest BCUT2D eigenvalue weighted by molar-refractivity contribution is 0.293. The topological polar surface area (TPSA) is 48.5 Å². The first kappa shape index (κ1) is 20.3. The number of hydrogen-bond acceptors (Lipinski definition) is 3. The Hall–Kier alpha value is -2.43. The maximum absolute atomic E-state index is 4.90. The molecule has 3 rings (SSSR count). The highest BCUT2D eigenvalue weighted by Crippen LogP contribution is 2.27.